The second-order valence-electron chi connectivity index (χ2n) is 4.82. The summed E-state index contributed by atoms with van der Waals surface area (Å²) in [6.07, 6.45) is 0.922. The summed E-state index contributed by atoms with van der Waals surface area (Å²) in [5.41, 5.74) is 1.21. The molecule has 0 spiro atoms. The Kier molecular flexibility index (Phi) is 6.97. The molecule has 1 aromatic carbocycles. The van der Waals surface area contributed by atoms with Gasteiger partial charge in [0.05, 0.1) is 0 Å². The number of rotatable bonds is 8. The van der Waals surface area contributed by atoms with Gasteiger partial charge in [-0.1, -0.05) is 26.0 Å². The Morgan fingerprint density at radius 3 is 2.79 bits per heavy atom. The van der Waals surface area contributed by atoms with Gasteiger partial charge in [0, 0.05) is 6.54 Å². The number of benzene rings is 1. The molecule has 106 valence electrons. The third-order valence-corrected chi connectivity index (χ3v) is 2.82. The first-order chi connectivity index (χ1) is 9.13. The fourth-order valence-electron chi connectivity index (χ4n) is 1.66. The van der Waals surface area contributed by atoms with Gasteiger partial charge in [0.1, 0.15) is 5.75 Å². The zero-order chi connectivity index (χ0) is 14.1. The fourth-order valence-corrected chi connectivity index (χ4v) is 1.66. The first-order valence-corrected chi connectivity index (χ1v) is 6.77. The van der Waals surface area contributed by atoms with Crippen LogP contribution in [0.1, 0.15) is 31.7 Å². The van der Waals surface area contributed by atoms with Crippen LogP contribution in [0.5, 0.6) is 5.75 Å². The maximum atomic E-state index is 11.5. The second kappa shape index (κ2) is 8.53. The normalized spacial score (nSPS) is 10.5. The molecule has 0 saturated heterocycles. The van der Waals surface area contributed by atoms with E-state index in [9.17, 15) is 4.79 Å². The lowest BCUT2D eigenvalue weighted by atomic mass is 10.0. The van der Waals surface area contributed by atoms with Crippen LogP contribution in [0.15, 0.2) is 24.3 Å². The number of amides is 1. The second-order valence-corrected chi connectivity index (χ2v) is 4.82. The Balaban J connectivity index is 2.31. The van der Waals surface area contributed by atoms with E-state index in [1.165, 1.54) is 5.56 Å². The van der Waals surface area contributed by atoms with Gasteiger partial charge in [-0.25, -0.2) is 0 Å². The molecule has 4 nitrogen and oxygen atoms in total. The third kappa shape index (κ3) is 6.25. The summed E-state index contributed by atoms with van der Waals surface area (Å²) in [7, 11) is 1.90. The lowest BCUT2D eigenvalue weighted by Crippen LogP contribution is -2.30. The van der Waals surface area contributed by atoms with Crippen molar-refractivity contribution in [3.63, 3.8) is 0 Å². The first kappa shape index (κ1) is 15.5. The predicted molar refractivity (Wildman–Crippen MR) is 77.6 cm³/mol. The SMILES string of the molecule is CNCCCNC(=O)COc1cccc(C(C)C)c1. The summed E-state index contributed by atoms with van der Waals surface area (Å²) in [6, 6.07) is 7.88. The van der Waals surface area contributed by atoms with Crippen LogP contribution in [0, 0.1) is 0 Å². The monoisotopic (exact) mass is 264 g/mol. The molecular formula is C15H24N2O2. The minimum Gasteiger partial charge on any atom is -0.484 e. The van der Waals surface area contributed by atoms with Gasteiger partial charge < -0.3 is 15.4 Å². The predicted octanol–water partition coefficient (Wildman–Crippen LogP) is 1.91. The van der Waals surface area contributed by atoms with E-state index in [-0.39, 0.29) is 12.5 Å². The molecule has 0 aliphatic rings. The highest BCUT2D eigenvalue weighted by Crippen LogP contribution is 2.19. The molecule has 0 aromatic heterocycles. The van der Waals surface area contributed by atoms with Crippen molar-refractivity contribution in [3.05, 3.63) is 29.8 Å². The smallest absolute Gasteiger partial charge is 0.257 e. The Bertz CT molecular complexity index is 391. The van der Waals surface area contributed by atoms with Gasteiger partial charge in [-0.15, -0.1) is 0 Å². The molecule has 0 atom stereocenters. The van der Waals surface area contributed by atoms with Gasteiger partial charge in [0.15, 0.2) is 6.61 Å². The van der Waals surface area contributed by atoms with Gasteiger partial charge in [0.25, 0.3) is 5.91 Å². The topological polar surface area (TPSA) is 50.4 Å². The van der Waals surface area contributed by atoms with Gasteiger partial charge >= 0.3 is 0 Å². The summed E-state index contributed by atoms with van der Waals surface area (Å²) in [6.45, 7) is 5.91. The first-order valence-electron chi connectivity index (χ1n) is 6.77. The molecule has 2 N–H and O–H groups in total. The number of hydrogen-bond acceptors (Lipinski definition) is 3. The summed E-state index contributed by atoms with van der Waals surface area (Å²) in [5.74, 6) is 1.13. The quantitative estimate of drug-likeness (QED) is 0.705. The van der Waals surface area contributed by atoms with Crippen LogP contribution >= 0.6 is 0 Å². The fraction of sp³-hybridized carbons (Fsp3) is 0.533. The van der Waals surface area contributed by atoms with Crippen LogP contribution in [0.3, 0.4) is 0 Å². The number of carbonyl (C=O) groups is 1. The maximum absolute atomic E-state index is 11.5. The van der Waals surface area contributed by atoms with Crippen molar-refractivity contribution in [2.24, 2.45) is 0 Å². The Labute approximate surface area is 115 Å². The van der Waals surface area contributed by atoms with E-state index in [1.54, 1.807) is 0 Å². The van der Waals surface area contributed by atoms with Crippen molar-refractivity contribution < 1.29 is 9.53 Å². The molecule has 0 aliphatic heterocycles. The highest BCUT2D eigenvalue weighted by molar-refractivity contribution is 5.77. The molecule has 0 radical (unpaired) electrons. The molecule has 0 unspecified atom stereocenters. The number of hydrogen-bond donors (Lipinski definition) is 2. The number of carbonyl (C=O) groups excluding carboxylic acids is 1. The van der Waals surface area contributed by atoms with Crippen molar-refractivity contribution in [1.29, 1.82) is 0 Å². The summed E-state index contributed by atoms with van der Waals surface area (Å²) in [5, 5.41) is 5.85. The molecule has 1 rings (SSSR count). The molecule has 0 saturated carbocycles. The van der Waals surface area contributed by atoms with Crippen molar-refractivity contribution in [3.8, 4) is 5.75 Å². The van der Waals surface area contributed by atoms with Crippen LogP contribution < -0.4 is 15.4 Å². The van der Waals surface area contributed by atoms with Gasteiger partial charge in [0.2, 0.25) is 0 Å². The highest BCUT2D eigenvalue weighted by Gasteiger charge is 2.04. The van der Waals surface area contributed by atoms with Crippen LogP contribution in [0.4, 0.5) is 0 Å². The van der Waals surface area contributed by atoms with E-state index < -0.39 is 0 Å². The molecule has 19 heavy (non-hydrogen) atoms. The molecule has 1 amide bonds. The van der Waals surface area contributed by atoms with E-state index >= 15 is 0 Å². The van der Waals surface area contributed by atoms with Gasteiger partial charge in [-0.3, -0.25) is 4.79 Å². The van der Waals surface area contributed by atoms with Crippen molar-refractivity contribution in [2.45, 2.75) is 26.2 Å². The minimum atomic E-state index is -0.0777. The summed E-state index contributed by atoms with van der Waals surface area (Å²) >= 11 is 0. The van der Waals surface area contributed by atoms with E-state index in [2.05, 4.69) is 30.5 Å². The molecule has 0 heterocycles. The zero-order valence-electron chi connectivity index (χ0n) is 12.0. The summed E-state index contributed by atoms with van der Waals surface area (Å²) in [4.78, 5) is 11.5. The lowest BCUT2D eigenvalue weighted by molar-refractivity contribution is -0.123. The number of nitrogens with one attached hydrogen (secondary N) is 2. The van der Waals surface area contributed by atoms with Crippen LogP contribution in [0.2, 0.25) is 0 Å². The number of ether oxygens (including phenoxy) is 1. The molecule has 1 aromatic rings. The van der Waals surface area contributed by atoms with E-state index in [1.807, 2.05) is 25.2 Å². The largest absolute Gasteiger partial charge is 0.484 e. The average Bonchev–Trinajstić information content (AvgIpc) is 2.41. The Morgan fingerprint density at radius 1 is 1.32 bits per heavy atom. The molecular weight excluding hydrogens is 240 g/mol. The molecule has 4 heteroatoms. The molecule has 0 aliphatic carbocycles. The van der Waals surface area contributed by atoms with Crippen molar-refractivity contribution in [2.75, 3.05) is 26.7 Å². The molecule has 0 bridgehead atoms. The zero-order valence-corrected chi connectivity index (χ0v) is 12.0. The third-order valence-electron chi connectivity index (χ3n) is 2.82. The van der Waals surface area contributed by atoms with Crippen molar-refractivity contribution >= 4 is 5.91 Å². The maximum Gasteiger partial charge on any atom is 0.257 e. The summed E-state index contributed by atoms with van der Waals surface area (Å²) < 4.78 is 5.49. The standard InChI is InChI=1S/C15H24N2O2/c1-12(2)13-6-4-7-14(10-13)19-11-15(18)17-9-5-8-16-3/h4,6-7,10,12,16H,5,8-9,11H2,1-3H3,(H,17,18). The van der Waals surface area contributed by atoms with Crippen molar-refractivity contribution in [1.82, 2.24) is 10.6 Å². The van der Waals surface area contributed by atoms with E-state index in [0.717, 1.165) is 18.7 Å². The van der Waals surface area contributed by atoms with Gasteiger partial charge in [-0.2, -0.15) is 0 Å². The minimum absolute atomic E-state index is 0.0705. The van der Waals surface area contributed by atoms with Gasteiger partial charge in [-0.05, 0) is 43.6 Å². The van der Waals surface area contributed by atoms with E-state index in [4.69, 9.17) is 4.74 Å². The average molecular weight is 264 g/mol. The van der Waals surface area contributed by atoms with E-state index in [0.29, 0.717) is 12.5 Å². The lowest BCUT2D eigenvalue weighted by Gasteiger charge is -2.10. The Morgan fingerprint density at radius 2 is 2.11 bits per heavy atom. The Hall–Kier alpha value is -1.55. The van der Waals surface area contributed by atoms with Crippen LogP contribution in [0.25, 0.3) is 0 Å². The molecule has 0 fully saturated rings. The van der Waals surface area contributed by atoms with Crippen LogP contribution in [-0.2, 0) is 4.79 Å². The highest BCUT2D eigenvalue weighted by atomic mass is 16.5. The van der Waals surface area contributed by atoms with Crippen LogP contribution in [-0.4, -0.2) is 32.7 Å².